The highest BCUT2D eigenvalue weighted by molar-refractivity contribution is 5.77. The van der Waals surface area contributed by atoms with E-state index in [-0.39, 0.29) is 6.42 Å². The third-order valence-electron chi connectivity index (χ3n) is 3.38. The van der Waals surface area contributed by atoms with Crippen LogP contribution in [0.5, 0.6) is 5.75 Å². The van der Waals surface area contributed by atoms with Gasteiger partial charge in [-0.15, -0.1) is 0 Å². The van der Waals surface area contributed by atoms with Crippen LogP contribution >= 0.6 is 0 Å². The monoisotopic (exact) mass is 296 g/mol. The summed E-state index contributed by atoms with van der Waals surface area (Å²) in [5.41, 5.74) is 2.86. The van der Waals surface area contributed by atoms with Crippen LogP contribution in [0.25, 0.3) is 16.9 Å². The summed E-state index contributed by atoms with van der Waals surface area (Å²) in [4.78, 5) is 15.9. The molecular formula is C17H16N2O3. The second-order valence-electron chi connectivity index (χ2n) is 4.84. The van der Waals surface area contributed by atoms with Gasteiger partial charge in [-0.3, -0.25) is 9.20 Å². The van der Waals surface area contributed by atoms with Crippen molar-refractivity contribution in [3.8, 4) is 17.0 Å². The highest BCUT2D eigenvalue weighted by atomic mass is 16.5. The van der Waals surface area contributed by atoms with Crippen LogP contribution in [0.1, 0.15) is 12.6 Å². The summed E-state index contributed by atoms with van der Waals surface area (Å²) in [5.74, 6) is -0.236. The van der Waals surface area contributed by atoms with Gasteiger partial charge in [0.1, 0.15) is 0 Å². The second kappa shape index (κ2) is 5.89. The molecule has 0 aliphatic carbocycles. The summed E-state index contributed by atoms with van der Waals surface area (Å²) in [7, 11) is 0. The maximum Gasteiger partial charge on any atom is 0.309 e. The van der Waals surface area contributed by atoms with Gasteiger partial charge >= 0.3 is 5.97 Å². The molecule has 3 rings (SSSR count). The molecule has 3 aromatic rings. The third kappa shape index (κ3) is 2.53. The molecule has 5 nitrogen and oxygen atoms in total. The highest BCUT2D eigenvalue weighted by Crippen LogP contribution is 2.29. The molecule has 0 aliphatic rings. The predicted octanol–water partition coefficient (Wildman–Crippen LogP) is 3.03. The largest absolute Gasteiger partial charge is 0.490 e. The standard InChI is InChI=1S/C17H16N2O3/c1-2-22-14-9-6-10-19-13(11-15(20)21)16(18-17(14)19)12-7-4-3-5-8-12/h3-10H,2,11H2,1H3,(H,20,21). The number of hydrogen-bond donors (Lipinski definition) is 1. The highest BCUT2D eigenvalue weighted by Gasteiger charge is 2.18. The Balaban J connectivity index is 2.26. The number of benzene rings is 1. The number of nitrogens with zero attached hydrogens (tertiary/aromatic N) is 2. The number of hydrogen-bond acceptors (Lipinski definition) is 3. The first-order valence-electron chi connectivity index (χ1n) is 7.10. The fourth-order valence-electron chi connectivity index (χ4n) is 2.50. The fraction of sp³-hybridized carbons (Fsp3) is 0.176. The molecule has 0 bridgehead atoms. The van der Waals surface area contributed by atoms with Gasteiger partial charge in [0.05, 0.1) is 24.4 Å². The van der Waals surface area contributed by atoms with Crippen molar-refractivity contribution in [1.82, 2.24) is 9.38 Å². The molecule has 2 heterocycles. The lowest BCUT2D eigenvalue weighted by Crippen LogP contribution is -2.05. The van der Waals surface area contributed by atoms with Gasteiger partial charge in [0.15, 0.2) is 11.4 Å². The van der Waals surface area contributed by atoms with Crippen LogP contribution in [0, 0.1) is 0 Å². The number of carbonyl (C=O) groups is 1. The molecule has 5 heteroatoms. The third-order valence-corrected chi connectivity index (χ3v) is 3.38. The minimum atomic E-state index is -0.888. The number of aromatic nitrogens is 2. The van der Waals surface area contributed by atoms with Crippen molar-refractivity contribution in [1.29, 1.82) is 0 Å². The van der Waals surface area contributed by atoms with E-state index in [2.05, 4.69) is 4.98 Å². The van der Waals surface area contributed by atoms with E-state index in [0.29, 0.717) is 29.4 Å². The lowest BCUT2D eigenvalue weighted by atomic mass is 10.1. The molecule has 0 fully saturated rings. The zero-order valence-corrected chi connectivity index (χ0v) is 12.2. The Morgan fingerprint density at radius 1 is 1.23 bits per heavy atom. The van der Waals surface area contributed by atoms with E-state index < -0.39 is 5.97 Å². The Bertz CT molecular complexity index is 809. The molecule has 0 aliphatic heterocycles. The smallest absolute Gasteiger partial charge is 0.309 e. The van der Waals surface area contributed by atoms with E-state index in [9.17, 15) is 9.90 Å². The molecule has 0 amide bonds. The summed E-state index contributed by atoms with van der Waals surface area (Å²) in [6, 6.07) is 13.3. The number of imidazole rings is 1. The van der Waals surface area contributed by atoms with Crippen LogP contribution in [0.3, 0.4) is 0 Å². The minimum absolute atomic E-state index is 0.0963. The van der Waals surface area contributed by atoms with Crippen molar-refractivity contribution in [2.75, 3.05) is 6.61 Å². The van der Waals surface area contributed by atoms with Crippen LogP contribution < -0.4 is 4.74 Å². The maximum atomic E-state index is 11.2. The molecular weight excluding hydrogens is 280 g/mol. The van der Waals surface area contributed by atoms with Crippen LogP contribution in [-0.4, -0.2) is 27.1 Å². The average molecular weight is 296 g/mol. The van der Waals surface area contributed by atoms with E-state index in [1.54, 1.807) is 4.40 Å². The lowest BCUT2D eigenvalue weighted by molar-refractivity contribution is -0.136. The van der Waals surface area contributed by atoms with E-state index in [4.69, 9.17) is 4.74 Å². The molecule has 2 aromatic heterocycles. The molecule has 22 heavy (non-hydrogen) atoms. The quantitative estimate of drug-likeness (QED) is 0.786. The van der Waals surface area contributed by atoms with Gasteiger partial charge in [-0.1, -0.05) is 30.3 Å². The molecule has 112 valence electrons. The lowest BCUT2D eigenvalue weighted by Gasteiger charge is -2.05. The van der Waals surface area contributed by atoms with Crippen molar-refractivity contribution in [2.45, 2.75) is 13.3 Å². The number of fused-ring (bicyclic) bond motifs is 1. The van der Waals surface area contributed by atoms with Crippen molar-refractivity contribution in [3.63, 3.8) is 0 Å². The van der Waals surface area contributed by atoms with Crippen LogP contribution in [0.15, 0.2) is 48.7 Å². The molecule has 1 N–H and O–H groups in total. The van der Waals surface area contributed by atoms with Gasteiger partial charge < -0.3 is 9.84 Å². The van der Waals surface area contributed by atoms with E-state index in [1.807, 2.05) is 55.6 Å². The first-order chi connectivity index (χ1) is 10.7. The van der Waals surface area contributed by atoms with E-state index >= 15 is 0 Å². The Hall–Kier alpha value is -2.82. The van der Waals surface area contributed by atoms with Gasteiger partial charge in [-0.25, -0.2) is 4.98 Å². The number of ether oxygens (including phenoxy) is 1. The SMILES string of the molecule is CCOc1cccn2c(CC(=O)O)c(-c3ccccc3)nc12. The summed E-state index contributed by atoms with van der Waals surface area (Å²) >= 11 is 0. The average Bonchev–Trinajstić information content (AvgIpc) is 2.88. The zero-order chi connectivity index (χ0) is 15.5. The zero-order valence-electron chi connectivity index (χ0n) is 12.2. The fourth-order valence-corrected chi connectivity index (χ4v) is 2.50. The topological polar surface area (TPSA) is 63.8 Å². The van der Waals surface area contributed by atoms with Crippen LogP contribution in [0.2, 0.25) is 0 Å². The van der Waals surface area contributed by atoms with Gasteiger partial charge in [0.25, 0.3) is 0 Å². The molecule has 1 aromatic carbocycles. The Morgan fingerprint density at radius 2 is 2.00 bits per heavy atom. The van der Waals surface area contributed by atoms with E-state index in [1.165, 1.54) is 0 Å². The Kier molecular flexibility index (Phi) is 3.78. The first-order valence-corrected chi connectivity index (χ1v) is 7.10. The van der Waals surface area contributed by atoms with Gasteiger partial charge in [0.2, 0.25) is 0 Å². The predicted molar refractivity (Wildman–Crippen MR) is 83.1 cm³/mol. The van der Waals surface area contributed by atoms with Gasteiger partial charge in [-0.05, 0) is 19.1 Å². The summed E-state index contributed by atoms with van der Waals surface area (Å²) < 4.78 is 7.39. The van der Waals surface area contributed by atoms with Crippen molar-refractivity contribution < 1.29 is 14.6 Å². The van der Waals surface area contributed by atoms with E-state index in [0.717, 1.165) is 5.56 Å². The molecule has 0 saturated carbocycles. The number of carboxylic acid groups (broad SMARTS) is 1. The Labute approximate surface area is 127 Å². The van der Waals surface area contributed by atoms with Crippen molar-refractivity contribution >= 4 is 11.6 Å². The normalized spacial score (nSPS) is 10.8. The number of pyridine rings is 1. The molecule has 0 saturated heterocycles. The Morgan fingerprint density at radius 3 is 2.68 bits per heavy atom. The van der Waals surface area contributed by atoms with Crippen molar-refractivity contribution in [3.05, 3.63) is 54.4 Å². The summed E-state index contributed by atoms with van der Waals surface area (Å²) in [5, 5.41) is 9.22. The second-order valence-corrected chi connectivity index (χ2v) is 4.84. The molecule has 0 radical (unpaired) electrons. The minimum Gasteiger partial charge on any atom is -0.490 e. The van der Waals surface area contributed by atoms with Gasteiger partial charge in [0, 0.05) is 11.8 Å². The molecule has 0 unspecified atom stereocenters. The maximum absolute atomic E-state index is 11.2. The first kappa shape index (κ1) is 14.1. The van der Waals surface area contributed by atoms with Crippen molar-refractivity contribution in [2.24, 2.45) is 0 Å². The number of aliphatic carboxylic acids is 1. The number of rotatable bonds is 5. The van der Waals surface area contributed by atoms with Gasteiger partial charge in [-0.2, -0.15) is 0 Å². The number of carboxylic acids is 1. The summed E-state index contributed by atoms with van der Waals surface area (Å²) in [6.07, 6.45) is 1.72. The van der Waals surface area contributed by atoms with Crippen LogP contribution in [-0.2, 0) is 11.2 Å². The van der Waals surface area contributed by atoms with Crippen LogP contribution in [0.4, 0.5) is 0 Å². The summed E-state index contributed by atoms with van der Waals surface area (Å²) in [6.45, 7) is 2.43. The molecule has 0 spiro atoms. The molecule has 0 atom stereocenters.